The molecule has 4 amide bonds. The van der Waals surface area contributed by atoms with E-state index < -0.39 is 17.8 Å². The van der Waals surface area contributed by atoms with Gasteiger partial charge in [0, 0.05) is 23.0 Å². The Labute approximate surface area is 331 Å². The van der Waals surface area contributed by atoms with Gasteiger partial charge >= 0.3 is 12.2 Å². The lowest BCUT2D eigenvalue weighted by Crippen LogP contribution is -2.45. The summed E-state index contributed by atoms with van der Waals surface area (Å²) in [6.07, 6.45) is 1.93. The summed E-state index contributed by atoms with van der Waals surface area (Å²) in [5.74, 6) is 1.56. The molecule has 0 aliphatic carbocycles. The number of amides is 4. The molecular weight excluding hydrogens is 729 g/mol. The van der Waals surface area contributed by atoms with Crippen molar-refractivity contribution in [2.45, 2.75) is 98.7 Å². The van der Waals surface area contributed by atoms with E-state index in [0.29, 0.717) is 18.3 Å². The van der Waals surface area contributed by atoms with Crippen LogP contribution in [0.2, 0.25) is 0 Å². The maximum atomic E-state index is 13.3. The van der Waals surface area contributed by atoms with E-state index in [0.717, 1.165) is 68.3 Å². The molecule has 1 aliphatic heterocycles. The van der Waals surface area contributed by atoms with E-state index >= 15 is 0 Å². The number of carbonyl (C=O) groups is 4. The van der Waals surface area contributed by atoms with Crippen molar-refractivity contribution in [3.63, 3.8) is 0 Å². The number of ether oxygens (including phenoxy) is 3. The fraction of sp³-hybridized carbons (Fsp3) is 0.429. The number of carbonyl (C=O) groups excluding carboxylic acids is 4. The Hall–Kier alpha value is -6.12. The third-order valence-corrected chi connectivity index (χ3v) is 10.2. The van der Waals surface area contributed by atoms with Gasteiger partial charge in [-0.2, -0.15) is 0 Å². The molecule has 2 atom stereocenters. The number of H-pyrrole nitrogens is 2. The molecule has 0 saturated heterocycles. The van der Waals surface area contributed by atoms with Crippen molar-refractivity contribution in [1.29, 1.82) is 0 Å². The number of alkyl carbamates (subject to hydrolysis) is 2. The standard InChI is InChI=1S/C42H52N8O7/c1-9-24(3)49(37(51)19-44-40(53)55-8)21-35-43-18-33(47-35)27-11-13-29-28(15-27)23-56-34-17-30-26(16-31(29)34)12-14-32-39(30)48-36(46-32)22-50(25(4)10-2)38(52)20-45-41(54)57-42(5,6)7/h11-18,24-25H,9-10,19-23H2,1-8H3,(H,43,47)(H,44,53)(H,45,54)(H,46,48)/t24-,25-/m0/s1. The van der Waals surface area contributed by atoms with Gasteiger partial charge in [-0.05, 0) is 93.8 Å². The molecule has 302 valence electrons. The first-order chi connectivity index (χ1) is 27.2. The maximum absolute atomic E-state index is 13.3. The Morgan fingerprint density at radius 2 is 1.53 bits per heavy atom. The fourth-order valence-electron chi connectivity index (χ4n) is 6.80. The number of fused-ring (bicyclic) bond motifs is 6. The molecule has 15 heteroatoms. The molecular formula is C42H52N8O7. The highest BCUT2D eigenvalue weighted by atomic mass is 16.6. The zero-order valence-corrected chi connectivity index (χ0v) is 33.9. The number of nitrogens with one attached hydrogen (secondary N) is 4. The predicted octanol–water partition coefficient (Wildman–Crippen LogP) is 6.80. The monoisotopic (exact) mass is 780 g/mol. The Morgan fingerprint density at radius 1 is 0.860 bits per heavy atom. The van der Waals surface area contributed by atoms with Crippen molar-refractivity contribution in [3.05, 3.63) is 65.9 Å². The van der Waals surface area contributed by atoms with Gasteiger partial charge in [-0.1, -0.05) is 32.0 Å². The third kappa shape index (κ3) is 9.30. The second kappa shape index (κ2) is 16.9. The molecule has 0 radical (unpaired) electrons. The number of hydrogen-bond acceptors (Lipinski definition) is 9. The molecule has 4 N–H and O–H groups in total. The lowest BCUT2D eigenvalue weighted by Gasteiger charge is -2.28. The second-order valence-corrected chi connectivity index (χ2v) is 15.4. The maximum Gasteiger partial charge on any atom is 0.408 e. The molecule has 0 fully saturated rings. The summed E-state index contributed by atoms with van der Waals surface area (Å²) in [6, 6.07) is 14.3. The van der Waals surface area contributed by atoms with Gasteiger partial charge < -0.3 is 44.6 Å². The molecule has 0 bridgehead atoms. The molecule has 15 nitrogen and oxygen atoms in total. The van der Waals surface area contributed by atoms with Gasteiger partial charge in [0.15, 0.2) is 0 Å². The number of benzene rings is 3. The first-order valence-corrected chi connectivity index (χ1v) is 19.3. The normalized spacial score (nSPS) is 13.2. The number of aromatic amines is 2. The smallest absolute Gasteiger partial charge is 0.408 e. The minimum absolute atomic E-state index is 0.0642. The molecule has 5 aromatic rings. The van der Waals surface area contributed by atoms with Crippen LogP contribution in [-0.2, 0) is 38.8 Å². The van der Waals surface area contributed by atoms with Crippen molar-refractivity contribution in [2.24, 2.45) is 0 Å². The second-order valence-electron chi connectivity index (χ2n) is 15.4. The van der Waals surface area contributed by atoms with Gasteiger partial charge in [0.05, 0.1) is 43.1 Å². The molecule has 2 aromatic heterocycles. The number of imidazole rings is 2. The zero-order valence-electron chi connectivity index (χ0n) is 33.9. The lowest BCUT2D eigenvalue weighted by molar-refractivity contribution is -0.133. The van der Waals surface area contributed by atoms with E-state index in [1.807, 2.05) is 45.9 Å². The fourth-order valence-corrected chi connectivity index (χ4v) is 6.80. The highest BCUT2D eigenvalue weighted by molar-refractivity contribution is 6.07. The predicted molar refractivity (Wildman–Crippen MR) is 216 cm³/mol. The highest BCUT2D eigenvalue weighted by Crippen LogP contribution is 2.42. The van der Waals surface area contributed by atoms with E-state index in [1.54, 1.807) is 36.8 Å². The van der Waals surface area contributed by atoms with Crippen LogP contribution in [0.4, 0.5) is 9.59 Å². The van der Waals surface area contributed by atoms with Gasteiger partial charge in [-0.3, -0.25) is 9.59 Å². The first kappa shape index (κ1) is 40.5. The van der Waals surface area contributed by atoms with Crippen LogP contribution in [0.25, 0.3) is 44.2 Å². The third-order valence-electron chi connectivity index (χ3n) is 10.2. The molecule has 3 heterocycles. The molecule has 0 saturated carbocycles. The van der Waals surface area contributed by atoms with Crippen molar-refractivity contribution in [3.8, 4) is 28.1 Å². The van der Waals surface area contributed by atoms with Gasteiger partial charge in [0.1, 0.15) is 42.7 Å². The largest absolute Gasteiger partial charge is 0.488 e. The van der Waals surface area contributed by atoms with Gasteiger partial charge in [-0.15, -0.1) is 0 Å². The van der Waals surface area contributed by atoms with Gasteiger partial charge in [-0.25, -0.2) is 19.6 Å². The van der Waals surface area contributed by atoms with Crippen LogP contribution in [0.3, 0.4) is 0 Å². The molecule has 57 heavy (non-hydrogen) atoms. The summed E-state index contributed by atoms with van der Waals surface area (Å²) in [5.41, 5.74) is 5.78. The number of hydrogen-bond donors (Lipinski definition) is 4. The van der Waals surface area contributed by atoms with Crippen LogP contribution in [0.15, 0.2) is 48.7 Å². The summed E-state index contributed by atoms with van der Waals surface area (Å²) < 4.78 is 16.3. The average molecular weight is 781 g/mol. The topological polar surface area (TPSA) is 184 Å². The summed E-state index contributed by atoms with van der Waals surface area (Å²) in [7, 11) is 1.26. The SMILES string of the molecule is CC[C@H](C)N(Cc1ncc(-c2ccc3c(c2)COc2cc4c(ccc5[nH]c(CN(C(=O)CNC(=O)OC(C)(C)C)[C@@H](C)CC)nc54)cc2-3)[nH]1)C(=O)CNC(=O)OC. The van der Waals surface area contributed by atoms with Crippen LogP contribution in [0, 0.1) is 0 Å². The number of aromatic nitrogens is 4. The van der Waals surface area contributed by atoms with Crippen LogP contribution in [-0.4, -0.2) is 91.6 Å². The van der Waals surface area contributed by atoms with Crippen molar-refractivity contribution in [1.82, 2.24) is 40.4 Å². The van der Waals surface area contributed by atoms with Crippen LogP contribution < -0.4 is 15.4 Å². The Morgan fingerprint density at radius 3 is 2.18 bits per heavy atom. The van der Waals surface area contributed by atoms with Gasteiger partial charge in [0.25, 0.3) is 0 Å². The van der Waals surface area contributed by atoms with Crippen molar-refractivity contribution < 1.29 is 33.4 Å². The lowest BCUT2D eigenvalue weighted by atomic mass is 9.92. The molecule has 3 aromatic carbocycles. The summed E-state index contributed by atoms with van der Waals surface area (Å²) in [6.45, 7) is 13.8. The average Bonchev–Trinajstić information content (AvgIpc) is 3.85. The van der Waals surface area contributed by atoms with E-state index in [1.165, 1.54) is 7.11 Å². The number of methoxy groups -OCH3 is 1. The quantitative estimate of drug-likeness (QED) is 0.0998. The summed E-state index contributed by atoms with van der Waals surface area (Å²) in [4.78, 5) is 69.8. The number of nitrogens with zero attached hydrogens (tertiary/aromatic N) is 4. The van der Waals surface area contributed by atoms with Crippen molar-refractivity contribution >= 4 is 45.8 Å². The Kier molecular flexibility index (Phi) is 12.0. The minimum atomic E-state index is -0.666. The van der Waals surface area contributed by atoms with Crippen LogP contribution >= 0.6 is 0 Å². The molecule has 6 rings (SSSR count). The summed E-state index contributed by atoms with van der Waals surface area (Å²) >= 11 is 0. The van der Waals surface area contributed by atoms with Crippen molar-refractivity contribution in [2.75, 3.05) is 20.2 Å². The number of rotatable bonds is 13. The van der Waals surface area contributed by atoms with E-state index in [9.17, 15) is 19.2 Å². The minimum Gasteiger partial charge on any atom is -0.488 e. The van der Waals surface area contributed by atoms with E-state index in [4.69, 9.17) is 14.5 Å². The Balaban J connectivity index is 1.20. The first-order valence-electron chi connectivity index (χ1n) is 19.3. The zero-order chi connectivity index (χ0) is 41.0. The summed E-state index contributed by atoms with van der Waals surface area (Å²) in [5, 5.41) is 6.97. The molecule has 0 spiro atoms. The van der Waals surface area contributed by atoms with E-state index in [2.05, 4.69) is 54.6 Å². The highest BCUT2D eigenvalue weighted by Gasteiger charge is 2.25. The van der Waals surface area contributed by atoms with E-state index in [-0.39, 0.29) is 50.1 Å². The van der Waals surface area contributed by atoms with Crippen LogP contribution in [0.1, 0.15) is 78.5 Å². The molecule has 1 aliphatic rings. The van der Waals surface area contributed by atoms with Crippen LogP contribution in [0.5, 0.6) is 5.75 Å². The Bertz CT molecular complexity index is 2290. The van der Waals surface area contributed by atoms with Gasteiger partial charge in [0.2, 0.25) is 11.8 Å². The molecule has 0 unspecified atom stereocenters.